The number of hydrogen-bond acceptors (Lipinski definition) is 3. The van der Waals surface area contributed by atoms with Crippen molar-refractivity contribution in [2.24, 2.45) is 5.92 Å². The summed E-state index contributed by atoms with van der Waals surface area (Å²) in [5, 5.41) is 4.35. The van der Waals surface area contributed by atoms with E-state index in [1.165, 1.54) is 6.42 Å². The monoisotopic (exact) mass is 282 g/mol. The van der Waals surface area contributed by atoms with Crippen molar-refractivity contribution in [3.63, 3.8) is 0 Å². The van der Waals surface area contributed by atoms with E-state index in [0.29, 0.717) is 12.0 Å². The van der Waals surface area contributed by atoms with Crippen molar-refractivity contribution < 1.29 is 4.74 Å². The van der Waals surface area contributed by atoms with Crippen molar-refractivity contribution in [1.82, 2.24) is 5.32 Å². The molecule has 0 spiro atoms. The molecule has 1 atom stereocenters. The second-order valence-electron chi connectivity index (χ2n) is 5.54. The molecule has 0 radical (unpaired) electrons. The number of piperazine rings is 1. The molecule has 3 nitrogen and oxygen atoms in total. The summed E-state index contributed by atoms with van der Waals surface area (Å²) in [6.45, 7) is 7.54. The average molecular weight is 283 g/mol. The van der Waals surface area contributed by atoms with E-state index in [1.54, 1.807) is 7.11 Å². The van der Waals surface area contributed by atoms with E-state index in [0.717, 1.165) is 36.1 Å². The third-order valence-electron chi connectivity index (χ3n) is 3.49. The summed E-state index contributed by atoms with van der Waals surface area (Å²) in [7, 11) is 1.71. The van der Waals surface area contributed by atoms with Crippen molar-refractivity contribution in [3.8, 4) is 5.75 Å². The Morgan fingerprint density at radius 2 is 2.26 bits per heavy atom. The predicted molar refractivity (Wildman–Crippen MR) is 81.5 cm³/mol. The van der Waals surface area contributed by atoms with Crippen LogP contribution in [0.25, 0.3) is 0 Å². The first kappa shape index (κ1) is 14.5. The second-order valence-corrected chi connectivity index (χ2v) is 5.98. The molecule has 0 bridgehead atoms. The first-order valence-electron chi connectivity index (χ1n) is 6.92. The molecule has 4 heteroatoms. The molecular formula is C15H23ClN2O. The first-order valence-corrected chi connectivity index (χ1v) is 7.30. The minimum absolute atomic E-state index is 0.539. The third-order valence-corrected chi connectivity index (χ3v) is 3.73. The van der Waals surface area contributed by atoms with E-state index in [-0.39, 0.29) is 0 Å². The van der Waals surface area contributed by atoms with Crippen LogP contribution in [0.4, 0.5) is 5.69 Å². The molecule has 0 saturated carbocycles. The minimum Gasteiger partial charge on any atom is -0.495 e. The van der Waals surface area contributed by atoms with Crippen LogP contribution < -0.4 is 15.0 Å². The number of nitrogens with zero attached hydrogens (tertiary/aromatic N) is 1. The van der Waals surface area contributed by atoms with Crippen molar-refractivity contribution in [2.45, 2.75) is 26.3 Å². The van der Waals surface area contributed by atoms with Gasteiger partial charge < -0.3 is 15.0 Å². The molecule has 0 aliphatic carbocycles. The zero-order valence-electron chi connectivity index (χ0n) is 11.9. The second kappa shape index (κ2) is 6.49. The van der Waals surface area contributed by atoms with E-state index in [1.807, 2.05) is 18.2 Å². The van der Waals surface area contributed by atoms with Gasteiger partial charge in [0.05, 0.1) is 12.8 Å². The zero-order chi connectivity index (χ0) is 13.8. The highest BCUT2D eigenvalue weighted by Gasteiger charge is 2.22. The summed E-state index contributed by atoms with van der Waals surface area (Å²) in [6.07, 6.45) is 1.19. The molecule has 1 unspecified atom stereocenters. The van der Waals surface area contributed by atoms with Crippen LogP contribution in [0.2, 0.25) is 5.02 Å². The van der Waals surface area contributed by atoms with Gasteiger partial charge in [-0.3, -0.25) is 0 Å². The Balaban J connectivity index is 2.14. The lowest BCUT2D eigenvalue weighted by molar-refractivity contribution is 0.380. The number of ether oxygens (including phenoxy) is 1. The Hall–Kier alpha value is -0.930. The molecule has 2 rings (SSSR count). The van der Waals surface area contributed by atoms with Gasteiger partial charge in [-0.05, 0) is 30.5 Å². The molecule has 1 aliphatic heterocycles. The molecule has 0 aromatic heterocycles. The quantitative estimate of drug-likeness (QED) is 0.918. The van der Waals surface area contributed by atoms with Gasteiger partial charge in [0.1, 0.15) is 5.75 Å². The van der Waals surface area contributed by atoms with Crippen molar-refractivity contribution in [1.29, 1.82) is 0 Å². The normalized spacial score (nSPS) is 19.8. The van der Waals surface area contributed by atoms with Crippen molar-refractivity contribution >= 4 is 17.3 Å². The molecule has 1 aromatic rings. The van der Waals surface area contributed by atoms with Gasteiger partial charge in [-0.1, -0.05) is 25.4 Å². The van der Waals surface area contributed by atoms with Crippen molar-refractivity contribution in [2.75, 3.05) is 31.6 Å². The zero-order valence-corrected chi connectivity index (χ0v) is 12.7. The fourth-order valence-corrected chi connectivity index (χ4v) is 2.85. The van der Waals surface area contributed by atoms with Crippen LogP contribution in [-0.4, -0.2) is 32.8 Å². The Kier molecular flexibility index (Phi) is 4.94. The van der Waals surface area contributed by atoms with Crippen LogP contribution in [0.15, 0.2) is 18.2 Å². The summed E-state index contributed by atoms with van der Waals surface area (Å²) in [5.41, 5.74) is 1.10. The molecule has 106 valence electrons. The lowest BCUT2D eigenvalue weighted by Gasteiger charge is -2.36. The van der Waals surface area contributed by atoms with E-state index in [2.05, 4.69) is 24.1 Å². The third kappa shape index (κ3) is 3.77. The smallest absolute Gasteiger partial charge is 0.142 e. The van der Waals surface area contributed by atoms with Gasteiger partial charge in [0.25, 0.3) is 0 Å². The fraction of sp³-hybridized carbons (Fsp3) is 0.600. The summed E-state index contributed by atoms with van der Waals surface area (Å²) >= 11 is 6.12. The van der Waals surface area contributed by atoms with Gasteiger partial charge in [-0.2, -0.15) is 0 Å². The molecule has 19 heavy (non-hydrogen) atoms. The Bertz CT molecular complexity index is 423. The fourth-order valence-electron chi connectivity index (χ4n) is 2.68. The molecule has 1 saturated heterocycles. The van der Waals surface area contributed by atoms with Gasteiger partial charge in [-0.25, -0.2) is 0 Å². The van der Waals surface area contributed by atoms with Gasteiger partial charge in [0, 0.05) is 30.7 Å². The number of halogens is 1. The topological polar surface area (TPSA) is 24.5 Å². The summed E-state index contributed by atoms with van der Waals surface area (Å²) in [6, 6.07) is 6.35. The Morgan fingerprint density at radius 3 is 2.95 bits per heavy atom. The number of rotatable bonds is 4. The van der Waals surface area contributed by atoms with Gasteiger partial charge >= 0.3 is 0 Å². The van der Waals surface area contributed by atoms with E-state index in [4.69, 9.17) is 16.3 Å². The maximum atomic E-state index is 6.12. The average Bonchev–Trinajstić information content (AvgIpc) is 2.38. The molecular weight excluding hydrogens is 260 g/mol. The summed E-state index contributed by atoms with van der Waals surface area (Å²) < 4.78 is 5.45. The SMILES string of the molecule is COc1ccc(Cl)cc1N1CCNC(CC(C)C)C1. The lowest BCUT2D eigenvalue weighted by atomic mass is 10.0. The lowest BCUT2D eigenvalue weighted by Crippen LogP contribution is -2.51. The standard InChI is InChI=1S/C15H23ClN2O/c1-11(2)8-13-10-18(7-6-17-13)14-9-12(16)4-5-15(14)19-3/h4-5,9,11,13,17H,6-8,10H2,1-3H3. The molecule has 1 N–H and O–H groups in total. The molecule has 0 amide bonds. The molecule has 1 heterocycles. The van der Waals surface area contributed by atoms with E-state index < -0.39 is 0 Å². The van der Waals surface area contributed by atoms with E-state index >= 15 is 0 Å². The molecule has 1 fully saturated rings. The van der Waals surface area contributed by atoms with Gasteiger partial charge in [0.2, 0.25) is 0 Å². The first-order chi connectivity index (χ1) is 9.10. The maximum Gasteiger partial charge on any atom is 0.142 e. The largest absolute Gasteiger partial charge is 0.495 e. The molecule has 1 aromatic carbocycles. The van der Waals surface area contributed by atoms with Crippen LogP contribution in [0.1, 0.15) is 20.3 Å². The minimum atomic E-state index is 0.539. The highest BCUT2D eigenvalue weighted by molar-refractivity contribution is 6.30. The van der Waals surface area contributed by atoms with Crippen LogP contribution in [0.5, 0.6) is 5.75 Å². The summed E-state index contributed by atoms with van der Waals surface area (Å²) in [5.74, 6) is 1.60. The molecule has 1 aliphatic rings. The number of methoxy groups -OCH3 is 1. The highest BCUT2D eigenvalue weighted by Crippen LogP contribution is 2.32. The Morgan fingerprint density at radius 1 is 1.47 bits per heavy atom. The number of nitrogens with one attached hydrogen (secondary N) is 1. The summed E-state index contributed by atoms with van der Waals surface area (Å²) in [4.78, 5) is 2.37. The van der Waals surface area contributed by atoms with Gasteiger partial charge in [-0.15, -0.1) is 0 Å². The number of hydrogen-bond donors (Lipinski definition) is 1. The predicted octanol–water partition coefficient (Wildman–Crippen LogP) is 3.17. The maximum absolute atomic E-state index is 6.12. The van der Waals surface area contributed by atoms with Crippen LogP contribution >= 0.6 is 11.6 Å². The van der Waals surface area contributed by atoms with Crippen LogP contribution in [-0.2, 0) is 0 Å². The van der Waals surface area contributed by atoms with E-state index in [9.17, 15) is 0 Å². The van der Waals surface area contributed by atoms with Crippen LogP contribution in [0.3, 0.4) is 0 Å². The Labute approximate surface area is 120 Å². The number of anilines is 1. The van der Waals surface area contributed by atoms with Crippen LogP contribution in [0, 0.1) is 5.92 Å². The van der Waals surface area contributed by atoms with Crippen molar-refractivity contribution in [3.05, 3.63) is 23.2 Å². The van der Waals surface area contributed by atoms with Gasteiger partial charge in [0.15, 0.2) is 0 Å². The highest BCUT2D eigenvalue weighted by atomic mass is 35.5. The number of benzene rings is 1.